The van der Waals surface area contributed by atoms with Crippen molar-refractivity contribution in [3.8, 4) is 0 Å². The highest BCUT2D eigenvalue weighted by molar-refractivity contribution is 7.11. The molecule has 1 heterocycles. The molecule has 0 amide bonds. The normalized spacial score (nSPS) is 12.7. The van der Waals surface area contributed by atoms with Gasteiger partial charge in [-0.1, -0.05) is 29.8 Å². The smallest absolute Gasteiger partial charge is 0.0972 e. The van der Waals surface area contributed by atoms with Gasteiger partial charge in [0.2, 0.25) is 0 Å². The Balaban J connectivity index is 2.18. The van der Waals surface area contributed by atoms with Gasteiger partial charge in [0.05, 0.1) is 5.01 Å². The average Bonchev–Trinajstić information content (AvgIpc) is 2.70. The van der Waals surface area contributed by atoms with Gasteiger partial charge in [0.1, 0.15) is 0 Å². The first-order valence-corrected chi connectivity index (χ1v) is 6.30. The van der Waals surface area contributed by atoms with E-state index in [0.29, 0.717) is 0 Å². The highest BCUT2D eigenvalue weighted by atomic mass is 35.5. The fraction of sp³-hybridized carbons (Fsp3) is 0.250. The Labute approximate surface area is 104 Å². The van der Waals surface area contributed by atoms with E-state index in [0.717, 1.165) is 26.9 Å². The zero-order chi connectivity index (χ0) is 11.5. The molecule has 0 spiro atoms. The average molecular weight is 253 g/mol. The van der Waals surface area contributed by atoms with E-state index < -0.39 is 0 Å². The molecule has 2 nitrogen and oxygen atoms in total. The standard InChI is InChI=1S/C12H13ClN2S/c1-8(14)11-7-15-12(16-11)6-9-4-2-3-5-10(9)13/h2-5,7-8H,6,14H2,1H3. The molecule has 1 aromatic heterocycles. The summed E-state index contributed by atoms with van der Waals surface area (Å²) in [6.45, 7) is 1.97. The van der Waals surface area contributed by atoms with Crippen LogP contribution in [0, 0.1) is 0 Å². The first-order chi connectivity index (χ1) is 7.66. The van der Waals surface area contributed by atoms with E-state index in [2.05, 4.69) is 4.98 Å². The van der Waals surface area contributed by atoms with Crippen molar-refractivity contribution in [1.82, 2.24) is 4.98 Å². The molecule has 1 aromatic carbocycles. The molecule has 0 radical (unpaired) electrons. The highest BCUT2D eigenvalue weighted by Crippen LogP contribution is 2.24. The van der Waals surface area contributed by atoms with Crippen LogP contribution in [0.25, 0.3) is 0 Å². The quantitative estimate of drug-likeness (QED) is 0.909. The van der Waals surface area contributed by atoms with Crippen LogP contribution in [0.2, 0.25) is 5.02 Å². The molecule has 16 heavy (non-hydrogen) atoms. The second kappa shape index (κ2) is 4.95. The zero-order valence-electron chi connectivity index (χ0n) is 8.98. The van der Waals surface area contributed by atoms with Crippen LogP contribution in [-0.4, -0.2) is 4.98 Å². The minimum Gasteiger partial charge on any atom is -0.323 e. The van der Waals surface area contributed by atoms with E-state index in [1.54, 1.807) is 11.3 Å². The Morgan fingerprint density at radius 2 is 2.19 bits per heavy atom. The van der Waals surface area contributed by atoms with Gasteiger partial charge in [-0.15, -0.1) is 11.3 Å². The topological polar surface area (TPSA) is 38.9 Å². The van der Waals surface area contributed by atoms with E-state index in [-0.39, 0.29) is 6.04 Å². The van der Waals surface area contributed by atoms with Gasteiger partial charge in [-0.25, -0.2) is 4.98 Å². The first-order valence-electron chi connectivity index (χ1n) is 5.10. The van der Waals surface area contributed by atoms with Gasteiger partial charge in [0.15, 0.2) is 0 Å². The molecule has 0 aliphatic heterocycles. The second-order valence-electron chi connectivity index (χ2n) is 3.71. The SMILES string of the molecule is CC(N)c1cnc(Cc2ccccc2Cl)s1. The van der Waals surface area contributed by atoms with E-state index in [1.165, 1.54) is 0 Å². The lowest BCUT2D eigenvalue weighted by molar-refractivity contribution is 0.835. The molecule has 4 heteroatoms. The molecule has 1 unspecified atom stereocenters. The summed E-state index contributed by atoms with van der Waals surface area (Å²) in [4.78, 5) is 5.47. The van der Waals surface area contributed by atoms with Gasteiger partial charge in [-0.2, -0.15) is 0 Å². The molecule has 1 atom stereocenters. The molecule has 0 fully saturated rings. The van der Waals surface area contributed by atoms with Crippen LogP contribution >= 0.6 is 22.9 Å². The van der Waals surface area contributed by atoms with Crippen molar-refractivity contribution in [1.29, 1.82) is 0 Å². The summed E-state index contributed by atoms with van der Waals surface area (Å²) in [6.07, 6.45) is 2.62. The Morgan fingerprint density at radius 3 is 2.81 bits per heavy atom. The largest absolute Gasteiger partial charge is 0.323 e. The number of hydrogen-bond donors (Lipinski definition) is 1. The molecule has 2 aromatic rings. The molecule has 0 saturated carbocycles. The summed E-state index contributed by atoms with van der Waals surface area (Å²) in [7, 11) is 0. The third-order valence-corrected chi connectivity index (χ3v) is 3.89. The van der Waals surface area contributed by atoms with Gasteiger partial charge in [0.25, 0.3) is 0 Å². The van der Waals surface area contributed by atoms with Crippen LogP contribution < -0.4 is 5.73 Å². The first kappa shape index (κ1) is 11.6. The number of benzene rings is 1. The Morgan fingerprint density at radius 1 is 1.44 bits per heavy atom. The van der Waals surface area contributed by atoms with Crippen molar-refractivity contribution in [2.24, 2.45) is 5.73 Å². The summed E-state index contributed by atoms with van der Waals surface area (Å²) >= 11 is 7.75. The van der Waals surface area contributed by atoms with Gasteiger partial charge in [-0.05, 0) is 18.6 Å². The number of rotatable bonds is 3. The Hall–Kier alpha value is -0.900. The Bertz CT molecular complexity index is 479. The number of aromatic nitrogens is 1. The maximum Gasteiger partial charge on any atom is 0.0972 e. The lowest BCUT2D eigenvalue weighted by atomic mass is 10.2. The molecule has 2 rings (SSSR count). The number of thiazole rings is 1. The molecule has 84 valence electrons. The van der Waals surface area contributed by atoms with Crippen molar-refractivity contribution in [2.45, 2.75) is 19.4 Å². The maximum atomic E-state index is 6.10. The summed E-state index contributed by atoms with van der Waals surface area (Å²) in [6, 6.07) is 7.90. The number of nitrogens with two attached hydrogens (primary N) is 1. The van der Waals surface area contributed by atoms with Crippen LogP contribution in [0.4, 0.5) is 0 Å². The molecule has 0 saturated heterocycles. The molecule has 0 aliphatic rings. The summed E-state index contributed by atoms with van der Waals surface area (Å²) in [5, 5.41) is 1.85. The zero-order valence-corrected chi connectivity index (χ0v) is 10.6. The van der Waals surface area contributed by atoms with Crippen LogP contribution in [0.15, 0.2) is 30.5 Å². The number of nitrogens with zero attached hydrogens (tertiary/aromatic N) is 1. The van der Waals surface area contributed by atoms with Crippen LogP contribution in [0.3, 0.4) is 0 Å². The predicted octanol–water partition coefficient (Wildman–Crippen LogP) is 3.41. The lowest BCUT2D eigenvalue weighted by Crippen LogP contribution is -2.01. The van der Waals surface area contributed by atoms with E-state index in [1.807, 2.05) is 37.4 Å². The molecule has 2 N–H and O–H groups in total. The van der Waals surface area contributed by atoms with Crippen molar-refractivity contribution < 1.29 is 0 Å². The van der Waals surface area contributed by atoms with E-state index in [9.17, 15) is 0 Å². The van der Waals surface area contributed by atoms with Crippen LogP contribution in [0.5, 0.6) is 0 Å². The summed E-state index contributed by atoms with van der Waals surface area (Å²) < 4.78 is 0. The fourth-order valence-electron chi connectivity index (χ4n) is 1.42. The second-order valence-corrected chi connectivity index (χ2v) is 5.27. The summed E-state index contributed by atoms with van der Waals surface area (Å²) in [5.41, 5.74) is 6.90. The number of halogens is 1. The van der Waals surface area contributed by atoms with Gasteiger partial charge in [-0.3, -0.25) is 0 Å². The fourth-order valence-corrected chi connectivity index (χ4v) is 2.52. The third kappa shape index (κ3) is 2.61. The van der Waals surface area contributed by atoms with Crippen molar-refractivity contribution in [3.05, 3.63) is 50.9 Å². The van der Waals surface area contributed by atoms with Gasteiger partial charge in [0, 0.05) is 28.6 Å². The number of hydrogen-bond acceptors (Lipinski definition) is 3. The molecular formula is C12H13ClN2S. The maximum absolute atomic E-state index is 6.10. The van der Waals surface area contributed by atoms with Crippen LogP contribution in [0.1, 0.15) is 28.4 Å². The van der Waals surface area contributed by atoms with Crippen molar-refractivity contribution in [2.75, 3.05) is 0 Å². The van der Waals surface area contributed by atoms with Crippen LogP contribution in [-0.2, 0) is 6.42 Å². The van der Waals surface area contributed by atoms with E-state index >= 15 is 0 Å². The Kier molecular flexibility index (Phi) is 3.59. The van der Waals surface area contributed by atoms with Crippen molar-refractivity contribution >= 4 is 22.9 Å². The van der Waals surface area contributed by atoms with Gasteiger partial charge < -0.3 is 5.73 Å². The summed E-state index contributed by atoms with van der Waals surface area (Å²) in [5.74, 6) is 0. The van der Waals surface area contributed by atoms with Crippen molar-refractivity contribution in [3.63, 3.8) is 0 Å². The third-order valence-electron chi connectivity index (χ3n) is 2.32. The predicted molar refractivity (Wildman–Crippen MR) is 69.0 cm³/mol. The molecular weight excluding hydrogens is 240 g/mol. The minimum absolute atomic E-state index is 0.0532. The highest BCUT2D eigenvalue weighted by Gasteiger charge is 2.07. The van der Waals surface area contributed by atoms with Gasteiger partial charge >= 0.3 is 0 Å². The van der Waals surface area contributed by atoms with E-state index in [4.69, 9.17) is 17.3 Å². The molecule has 0 bridgehead atoms. The molecule has 0 aliphatic carbocycles. The minimum atomic E-state index is 0.0532. The lowest BCUT2D eigenvalue weighted by Gasteiger charge is -2.00. The monoisotopic (exact) mass is 252 g/mol.